The Hall–Kier alpha value is -2.12. The number of rotatable bonds is 3. The molecule has 3 rings (SSSR count). The second kappa shape index (κ2) is 5.01. The van der Waals surface area contributed by atoms with E-state index in [-0.39, 0.29) is 10.2 Å². The van der Waals surface area contributed by atoms with Crippen molar-refractivity contribution in [3.8, 4) is 0 Å². The zero-order chi connectivity index (χ0) is 15.0. The summed E-state index contributed by atoms with van der Waals surface area (Å²) in [6.45, 7) is 1.79. The van der Waals surface area contributed by atoms with Crippen LogP contribution in [0.25, 0.3) is 5.65 Å². The van der Waals surface area contributed by atoms with Crippen molar-refractivity contribution in [2.75, 3.05) is 4.72 Å². The molecule has 0 bridgehead atoms. The predicted octanol–water partition coefficient (Wildman–Crippen LogP) is 2.49. The van der Waals surface area contributed by atoms with Gasteiger partial charge < -0.3 is 0 Å². The van der Waals surface area contributed by atoms with E-state index < -0.39 is 10.0 Å². The van der Waals surface area contributed by atoms with E-state index in [0.29, 0.717) is 11.3 Å². The zero-order valence-electron chi connectivity index (χ0n) is 11.0. The van der Waals surface area contributed by atoms with Crippen LogP contribution in [0.3, 0.4) is 0 Å². The summed E-state index contributed by atoms with van der Waals surface area (Å²) in [4.78, 5) is 7.95. The number of nitrogens with zero attached hydrogens (tertiary/aromatic N) is 3. The number of pyridine rings is 2. The first kappa shape index (κ1) is 13.8. The molecule has 3 aromatic heterocycles. The van der Waals surface area contributed by atoms with Gasteiger partial charge in [-0.25, -0.2) is 4.98 Å². The lowest BCUT2D eigenvalue weighted by atomic mass is 10.3. The van der Waals surface area contributed by atoms with E-state index in [0.717, 1.165) is 5.56 Å². The van der Waals surface area contributed by atoms with Gasteiger partial charge in [-0.2, -0.15) is 8.42 Å². The van der Waals surface area contributed by atoms with Crippen LogP contribution in [0.2, 0.25) is 5.15 Å². The Morgan fingerprint density at radius 2 is 2.10 bits per heavy atom. The van der Waals surface area contributed by atoms with Crippen LogP contribution in [0.1, 0.15) is 5.56 Å². The topological polar surface area (TPSA) is 76.4 Å². The van der Waals surface area contributed by atoms with E-state index in [4.69, 9.17) is 11.6 Å². The highest BCUT2D eigenvalue weighted by Gasteiger charge is 2.24. The summed E-state index contributed by atoms with van der Waals surface area (Å²) < 4.78 is 29.0. The number of imidazole rings is 1. The fourth-order valence-electron chi connectivity index (χ4n) is 1.95. The van der Waals surface area contributed by atoms with Gasteiger partial charge in [0.05, 0.1) is 11.9 Å². The van der Waals surface area contributed by atoms with Gasteiger partial charge >= 0.3 is 0 Å². The van der Waals surface area contributed by atoms with Crippen LogP contribution in [0.4, 0.5) is 5.69 Å². The maximum Gasteiger partial charge on any atom is 0.281 e. The minimum absolute atomic E-state index is 0.0738. The fourth-order valence-corrected chi connectivity index (χ4v) is 3.71. The van der Waals surface area contributed by atoms with Gasteiger partial charge in [0.15, 0.2) is 10.2 Å². The SMILES string of the molecule is Cc1ccncc1NS(=O)(=O)c1c(Cl)nc2ccccn12. The van der Waals surface area contributed by atoms with Crippen molar-refractivity contribution < 1.29 is 8.42 Å². The Morgan fingerprint density at radius 1 is 1.29 bits per heavy atom. The van der Waals surface area contributed by atoms with Crippen LogP contribution < -0.4 is 4.72 Å². The minimum Gasteiger partial charge on any atom is -0.288 e. The molecule has 0 saturated heterocycles. The molecule has 1 N–H and O–H groups in total. The first-order chi connectivity index (χ1) is 9.99. The van der Waals surface area contributed by atoms with E-state index >= 15 is 0 Å². The molecule has 6 nitrogen and oxygen atoms in total. The van der Waals surface area contributed by atoms with Gasteiger partial charge in [0, 0.05) is 12.4 Å². The third-order valence-corrected chi connectivity index (χ3v) is 4.75. The average Bonchev–Trinajstić information content (AvgIpc) is 2.77. The highest BCUT2D eigenvalue weighted by molar-refractivity contribution is 7.92. The van der Waals surface area contributed by atoms with Crippen molar-refractivity contribution in [1.82, 2.24) is 14.4 Å². The molecular formula is C13H11ClN4O2S. The molecule has 0 aliphatic carbocycles. The van der Waals surface area contributed by atoms with Gasteiger partial charge in [-0.3, -0.25) is 14.1 Å². The minimum atomic E-state index is -3.87. The van der Waals surface area contributed by atoms with Crippen LogP contribution in [-0.2, 0) is 10.0 Å². The molecule has 0 fully saturated rings. The first-order valence-electron chi connectivity index (χ1n) is 6.05. The molecule has 0 amide bonds. The van der Waals surface area contributed by atoms with Crippen LogP contribution in [0, 0.1) is 6.92 Å². The summed E-state index contributed by atoms with van der Waals surface area (Å²) in [5, 5.41) is -0.168. The largest absolute Gasteiger partial charge is 0.288 e. The van der Waals surface area contributed by atoms with E-state index in [9.17, 15) is 8.42 Å². The Bertz CT molecular complexity index is 921. The van der Waals surface area contributed by atoms with Gasteiger partial charge in [-0.15, -0.1) is 0 Å². The first-order valence-corrected chi connectivity index (χ1v) is 7.91. The van der Waals surface area contributed by atoms with Gasteiger partial charge in [0.2, 0.25) is 0 Å². The Labute approximate surface area is 126 Å². The molecule has 0 atom stereocenters. The summed E-state index contributed by atoms with van der Waals surface area (Å²) in [6.07, 6.45) is 4.64. The van der Waals surface area contributed by atoms with Gasteiger partial charge in [0.25, 0.3) is 10.0 Å². The summed E-state index contributed by atoms with van der Waals surface area (Å²) in [6, 6.07) is 6.86. The highest BCUT2D eigenvalue weighted by atomic mass is 35.5. The quantitative estimate of drug-likeness (QED) is 0.803. The second-order valence-corrected chi connectivity index (χ2v) is 6.39. The molecule has 0 unspecified atom stereocenters. The number of aryl methyl sites for hydroxylation is 1. The van der Waals surface area contributed by atoms with Crippen molar-refractivity contribution in [1.29, 1.82) is 0 Å². The molecule has 21 heavy (non-hydrogen) atoms. The van der Waals surface area contributed by atoms with Crippen molar-refractivity contribution in [2.24, 2.45) is 0 Å². The van der Waals surface area contributed by atoms with Crippen LogP contribution in [0.15, 0.2) is 47.9 Å². The molecule has 0 spiro atoms. The molecule has 108 valence electrons. The summed E-state index contributed by atoms with van der Waals surface area (Å²) in [5.41, 5.74) is 1.63. The Kier molecular flexibility index (Phi) is 3.30. The number of nitrogens with one attached hydrogen (secondary N) is 1. The van der Waals surface area contributed by atoms with E-state index in [2.05, 4.69) is 14.7 Å². The average molecular weight is 323 g/mol. The number of aromatic nitrogens is 3. The maximum atomic E-state index is 12.6. The van der Waals surface area contributed by atoms with Gasteiger partial charge in [-0.1, -0.05) is 17.7 Å². The van der Waals surface area contributed by atoms with Crippen LogP contribution >= 0.6 is 11.6 Å². The normalized spacial score (nSPS) is 11.7. The molecule has 0 aromatic carbocycles. The number of hydrogen-bond acceptors (Lipinski definition) is 4. The summed E-state index contributed by atoms with van der Waals surface area (Å²) in [7, 11) is -3.87. The smallest absolute Gasteiger partial charge is 0.281 e. The zero-order valence-corrected chi connectivity index (χ0v) is 12.6. The van der Waals surface area contributed by atoms with Crippen LogP contribution in [0.5, 0.6) is 0 Å². The second-order valence-electron chi connectivity index (χ2n) is 4.43. The van der Waals surface area contributed by atoms with Gasteiger partial charge in [0.1, 0.15) is 5.65 Å². The molecule has 8 heteroatoms. The molecule has 0 radical (unpaired) electrons. The highest BCUT2D eigenvalue weighted by Crippen LogP contribution is 2.25. The Morgan fingerprint density at radius 3 is 2.86 bits per heavy atom. The molecule has 0 saturated carbocycles. The van der Waals surface area contributed by atoms with Crippen molar-refractivity contribution in [3.05, 3.63) is 53.6 Å². The van der Waals surface area contributed by atoms with Gasteiger partial charge in [-0.05, 0) is 30.7 Å². The molecule has 0 aliphatic heterocycles. The summed E-state index contributed by atoms with van der Waals surface area (Å²) in [5.74, 6) is 0. The monoisotopic (exact) mass is 322 g/mol. The number of sulfonamides is 1. The summed E-state index contributed by atoms with van der Waals surface area (Å²) >= 11 is 5.99. The lowest BCUT2D eigenvalue weighted by Gasteiger charge is -2.09. The van der Waals surface area contributed by atoms with Crippen molar-refractivity contribution in [2.45, 2.75) is 11.9 Å². The molecule has 3 heterocycles. The lowest BCUT2D eigenvalue weighted by molar-refractivity contribution is 0.596. The molecule has 0 aliphatic rings. The van der Waals surface area contributed by atoms with E-state index in [1.54, 1.807) is 43.6 Å². The number of fused-ring (bicyclic) bond motifs is 1. The standard InChI is InChI=1S/C13H11ClN4O2S/c1-9-5-6-15-8-10(9)17-21(19,20)13-12(14)16-11-4-2-3-7-18(11)13/h2-8,17H,1H3. The molecular weight excluding hydrogens is 312 g/mol. The number of hydrogen-bond donors (Lipinski definition) is 1. The predicted molar refractivity (Wildman–Crippen MR) is 80.0 cm³/mol. The lowest BCUT2D eigenvalue weighted by Crippen LogP contribution is -2.16. The number of halogens is 1. The van der Waals surface area contributed by atoms with Crippen molar-refractivity contribution in [3.63, 3.8) is 0 Å². The molecule has 3 aromatic rings. The van der Waals surface area contributed by atoms with E-state index in [1.165, 1.54) is 10.6 Å². The third kappa shape index (κ3) is 2.45. The van der Waals surface area contributed by atoms with Crippen molar-refractivity contribution >= 4 is 33.0 Å². The number of anilines is 1. The fraction of sp³-hybridized carbons (Fsp3) is 0.0769. The van der Waals surface area contributed by atoms with E-state index in [1.807, 2.05) is 0 Å². The maximum absolute atomic E-state index is 12.6. The third-order valence-electron chi connectivity index (χ3n) is 2.98. The van der Waals surface area contributed by atoms with Crippen LogP contribution in [-0.4, -0.2) is 22.8 Å². The Balaban J connectivity index is 2.13.